The number of aryl methyl sites for hydroxylation is 2. The van der Waals surface area contributed by atoms with Crippen LogP contribution in [0.3, 0.4) is 0 Å². The lowest BCUT2D eigenvalue weighted by atomic mass is 9.94. The average Bonchev–Trinajstić information content (AvgIpc) is 3.71. The fourth-order valence-corrected chi connectivity index (χ4v) is 11.4. The average molecular weight is 847 g/mol. The fourth-order valence-electron chi connectivity index (χ4n) is 8.07. The first kappa shape index (κ1) is 42.3. The summed E-state index contributed by atoms with van der Waals surface area (Å²) in [5.74, 6) is 0. The SMILES string of the molecule is CCCCCCCCCCCCCCCCc1cc2c(cc(CCCCCCCCCCCCCCCC)c3cc(Br)sc32)c2sc(Br)cc12. The first-order valence-electron chi connectivity index (χ1n) is 21.4. The van der Waals surface area contributed by atoms with Crippen molar-refractivity contribution in [1.82, 2.24) is 0 Å². The highest BCUT2D eigenvalue weighted by Crippen LogP contribution is 2.44. The molecule has 0 spiro atoms. The number of hydrogen-bond acceptors (Lipinski definition) is 2. The molecule has 0 atom stereocenters. The molecule has 2 aromatic heterocycles. The number of rotatable bonds is 30. The Kier molecular flexibility index (Phi) is 21.6. The van der Waals surface area contributed by atoms with E-state index >= 15 is 0 Å². The van der Waals surface area contributed by atoms with E-state index in [-0.39, 0.29) is 0 Å². The summed E-state index contributed by atoms with van der Waals surface area (Å²) in [6.45, 7) is 4.61. The molecule has 4 heteroatoms. The van der Waals surface area contributed by atoms with E-state index in [0.29, 0.717) is 0 Å². The minimum Gasteiger partial charge on any atom is -0.128 e. The third-order valence-corrected chi connectivity index (χ3v) is 14.5. The van der Waals surface area contributed by atoms with Crippen molar-refractivity contribution in [3.05, 3.63) is 43.0 Å². The predicted octanol–water partition coefficient (Wildman–Crippen LogP) is 18.8. The Morgan fingerprint density at radius 1 is 0.340 bits per heavy atom. The molecule has 2 heterocycles. The second-order valence-electron chi connectivity index (χ2n) is 15.4. The van der Waals surface area contributed by atoms with E-state index in [2.05, 4.69) is 70.0 Å². The second kappa shape index (κ2) is 25.6. The molecule has 0 N–H and O–H groups in total. The van der Waals surface area contributed by atoms with Crippen molar-refractivity contribution in [3.63, 3.8) is 0 Å². The van der Waals surface area contributed by atoms with Crippen LogP contribution >= 0.6 is 54.5 Å². The number of hydrogen-bond donors (Lipinski definition) is 0. The van der Waals surface area contributed by atoms with Crippen LogP contribution in [-0.4, -0.2) is 0 Å². The fraction of sp³-hybridized carbons (Fsp3) is 0.696. The van der Waals surface area contributed by atoms with Crippen molar-refractivity contribution in [1.29, 1.82) is 0 Å². The van der Waals surface area contributed by atoms with Crippen LogP contribution in [0.15, 0.2) is 31.8 Å². The lowest BCUT2D eigenvalue weighted by Gasteiger charge is -2.12. The molecule has 50 heavy (non-hydrogen) atoms. The maximum atomic E-state index is 3.88. The Balaban J connectivity index is 1.21. The standard InChI is InChI=1S/C46H70Br2S2/c1-3-5-7-9-11-13-15-17-19-21-23-25-27-29-31-37-33-41-42(45-39(37)35-43(47)49-45)34-38(40-36-44(48)50-46(40)41)32-30-28-26-24-22-20-18-16-14-12-10-8-6-4-2/h33-36H,3-32H2,1-2H3. The van der Waals surface area contributed by atoms with Gasteiger partial charge in [0.15, 0.2) is 0 Å². The molecule has 0 saturated heterocycles. The van der Waals surface area contributed by atoms with Crippen molar-refractivity contribution in [3.8, 4) is 0 Å². The molecule has 0 nitrogen and oxygen atoms in total. The van der Waals surface area contributed by atoms with E-state index in [0.717, 1.165) is 0 Å². The summed E-state index contributed by atoms with van der Waals surface area (Å²) in [5.41, 5.74) is 3.11. The highest BCUT2D eigenvalue weighted by Gasteiger charge is 2.16. The maximum Gasteiger partial charge on any atom is 0.0711 e. The van der Waals surface area contributed by atoms with Crippen LogP contribution in [0.25, 0.3) is 30.9 Å². The van der Waals surface area contributed by atoms with E-state index in [1.54, 1.807) is 11.1 Å². The molecule has 4 aromatic rings. The predicted molar refractivity (Wildman–Crippen MR) is 238 cm³/mol. The minimum atomic E-state index is 1.20. The maximum absolute atomic E-state index is 3.88. The lowest BCUT2D eigenvalue weighted by Crippen LogP contribution is -1.92. The van der Waals surface area contributed by atoms with Crippen molar-refractivity contribution in [2.75, 3.05) is 0 Å². The van der Waals surface area contributed by atoms with Crippen molar-refractivity contribution in [2.24, 2.45) is 0 Å². The van der Waals surface area contributed by atoms with Gasteiger partial charge in [-0.2, -0.15) is 0 Å². The lowest BCUT2D eigenvalue weighted by molar-refractivity contribution is 0.535. The van der Waals surface area contributed by atoms with Crippen LogP contribution in [0.4, 0.5) is 0 Å². The molecule has 0 unspecified atom stereocenters. The Bertz CT molecular complexity index is 1370. The molecule has 4 rings (SSSR count). The largest absolute Gasteiger partial charge is 0.128 e. The van der Waals surface area contributed by atoms with Crippen molar-refractivity contribution in [2.45, 2.75) is 206 Å². The normalized spacial score (nSPS) is 12.0. The van der Waals surface area contributed by atoms with Gasteiger partial charge in [-0.1, -0.05) is 181 Å². The Morgan fingerprint density at radius 2 is 0.600 bits per heavy atom. The quantitative estimate of drug-likeness (QED) is 0.0459. The number of benzene rings is 2. The summed E-state index contributed by atoms with van der Waals surface area (Å²) in [4.78, 5) is 0. The van der Waals surface area contributed by atoms with E-state index in [1.165, 1.54) is 231 Å². The molecule has 0 bridgehead atoms. The van der Waals surface area contributed by atoms with Gasteiger partial charge in [-0.15, -0.1) is 22.7 Å². The third kappa shape index (κ3) is 14.8. The van der Waals surface area contributed by atoms with Gasteiger partial charge in [-0.05, 0) is 104 Å². The number of halogens is 2. The molecular weight excluding hydrogens is 776 g/mol. The summed E-state index contributed by atoms with van der Waals surface area (Å²) < 4.78 is 5.51. The summed E-state index contributed by atoms with van der Waals surface area (Å²) in [6, 6.07) is 9.95. The molecule has 0 radical (unpaired) electrons. The summed E-state index contributed by atoms with van der Waals surface area (Å²) in [5, 5.41) is 5.92. The molecule has 0 amide bonds. The molecule has 0 saturated carbocycles. The van der Waals surface area contributed by atoms with Crippen LogP contribution in [0.1, 0.15) is 205 Å². The Hall–Kier alpha value is -0.420. The number of fused-ring (bicyclic) bond motifs is 5. The van der Waals surface area contributed by atoms with E-state index in [4.69, 9.17) is 0 Å². The molecule has 0 aliphatic heterocycles. The third-order valence-electron chi connectivity index (χ3n) is 11.1. The minimum absolute atomic E-state index is 1.20. The monoisotopic (exact) mass is 844 g/mol. The van der Waals surface area contributed by atoms with Crippen LogP contribution in [0.2, 0.25) is 0 Å². The van der Waals surface area contributed by atoms with Crippen molar-refractivity contribution >= 4 is 85.5 Å². The topological polar surface area (TPSA) is 0 Å². The zero-order valence-electron chi connectivity index (χ0n) is 32.1. The van der Waals surface area contributed by atoms with Gasteiger partial charge in [0.25, 0.3) is 0 Å². The van der Waals surface area contributed by atoms with E-state index in [9.17, 15) is 0 Å². The zero-order valence-corrected chi connectivity index (χ0v) is 36.9. The summed E-state index contributed by atoms with van der Waals surface area (Å²) >= 11 is 11.6. The van der Waals surface area contributed by atoms with E-state index < -0.39 is 0 Å². The highest BCUT2D eigenvalue weighted by atomic mass is 79.9. The van der Waals surface area contributed by atoms with Gasteiger partial charge in [0, 0.05) is 20.2 Å². The van der Waals surface area contributed by atoms with Gasteiger partial charge in [-0.3, -0.25) is 0 Å². The highest BCUT2D eigenvalue weighted by molar-refractivity contribution is 9.11. The summed E-state index contributed by atoms with van der Waals surface area (Å²) in [7, 11) is 0. The van der Waals surface area contributed by atoms with Gasteiger partial charge in [0.05, 0.1) is 7.57 Å². The van der Waals surface area contributed by atoms with Gasteiger partial charge >= 0.3 is 0 Å². The molecule has 2 aromatic carbocycles. The molecule has 0 aliphatic carbocycles. The first-order valence-corrected chi connectivity index (χ1v) is 24.6. The molecular formula is C46H70Br2S2. The Labute approximate surface area is 332 Å². The second-order valence-corrected chi connectivity index (χ2v) is 20.3. The summed E-state index contributed by atoms with van der Waals surface area (Å²) in [6.07, 6.45) is 42.1. The first-order chi connectivity index (χ1) is 24.6. The molecule has 280 valence electrons. The Morgan fingerprint density at radius 3 is 0.880 bits per heavy atom. The van der Waals surface area contributed by atoms with Crippen LogP contribution in [0.5, 0.6) is 0 Å². The zero-order chi connectivity index (χ0) is 35.2. The van der Waals surface area contributed by atoms with Crippen LogP contribution in [0, 0.1) is 0 Å². The smallest absolute Gasteiger partial charge is 0.0711 e. The van der Waals surface area contributed by atoms with Crippen molar-refractivity contribution < 1.29 is 0 Å². The number of thiophene rings is 2. The molecule has 0 aliphatic rings. The van der Waals surface area contributed by atoms with Crippen LogP contribution < -0.4 is 0 Å². The van der Waals surface area contributed by atoms with Gasteiger partial charge < -0.3 is 0 Å². The van der Waals surface area contributed by atoms with Gasteiger partial charge in [0.2, 0.25) is 0 Å². The molecule has 0 fully saturated rings. The van der Waals surface area contributed by atoms with E-state index in [1.807, 2.05) is 22.7 Å². The van der Waals surface area contributed by atoms with Gasteiger partial charge in [0.1, 0.15) is 0 Å². The van der Waals surface area contributed by atoms with Gasteiger partial charge in [-0.25, -0.2) is 0 Å². The van der Waals surface area contributed by atoms with Crippen LogP contribution in [-0.2, 0) is 12.8 Å². The number of unbranched alkanes of at least 4 members (excludes halogenated alkanes) is 26.